The van der Waals surface area contributed by atoms with Gasteiger partial charge in [0.1, 0.15) is 36.8 Å². The van der Waals surface area contributed by atoms with Gasteiger partial charge in [0.2, 0.25) is 0 Å². The molecule has 1 heterocycles. The Bertz CT molecular complexity index is 1260. The van der Waals surface area contributed by atoms with E-state index in [4.69, 9.17) is 18.9 Å². The number of aliphatic hydroxyl groups excluding tert-OH is 3. The summed E-state index contributed by atoms with van der Waals surface area (Å²) in [5.74, 6) is -1.96. The van der Waals surface area contributed by atoms with Crippen LogP contribution >= 0.6 is 0 Å². The molecule has 0 amide bonds. The predicted octanol–water partition coefficient (Wildman–Crippen LogP) is 12.6. The Morgan fingerprint density at radius 2 is 0.864 bits per heavy atom. The monoisotopic (exact) mass is 961 g/mol. The fourth-order valence-electron chi connectivity index (χ4n) is 8.62. The largest absolute Gasteiger partial charge is 0.462 e. The molecule has 1 fully saturated rings. The summed E-state index contributed by atoms with van der Waals surface area (Å²) in [4.78, 5) is 25.6. The van der Waals surface area contributed by atoms with Gasteiger partial charge in [-0.05, 0) is 38.5 Å². The molecule has 4 N–H and O–H groups in total. The molecule has 0 radical (unpaired) electrons. The van der Waals surface area contributed by atoms with Crippen molar-refractivity contribution in [2.45, 2.75) is 295 Å². The lowest BCUT2D eigenvalue weighted by atomic mass is 10.00. The minimum Gasteiger partial charge on any atom is -0.462 e. The zero-order valence-corrected chi connectivity index (χ0v) is 42.9. The Morgan fingerprint density at radius 1 is 0.500 bits per heavy atom. The summed E-state index contributed by atoms with van der Waals surface area (Å²) in [6, 6.07) is 0. The maximum absolute atomic E-state index is 12.9. The quantitative estimate of drug-likeness (QED) is 0.0196. The number of rotatable bonds is 47. The van der Waals surface area contributed by atoms with Gasteiger partial charge in [-0.25, -0.2) is 0 Å². The van der Waals surface area contributed by atoms with E-state index in [9.17, 15) is 37.9 Å². The molecule has 6 atom stereocenters. The maximum atomic E-state index is 12.9. The highest BCUT2D eigenvalue weighted by molar-refractivity contribution is 7.85. The van der Waals surface area contributed by atoms with Crippen LogP contribution in [-0.4, -0.2) is 96.0 Å². The second-order valence-corrected chi connectivity index (χ2v) is 20.8. The molecule has 0 aromatic rings. The van der Waals surface area contributed by atoms with E-state index in [1.165, 1.54) is 180 Å². The van der Waals surface area contributed by atoms with Crippen molar-refractivity contribution in [2.24, 2.45) is 0 Å². The van der Waals surface area contributed by atoms with Gasteiger partial charge in [-0.3, -0.25) is 14.1 Å². The lowest BCUT2D eigenvalue weighted by Crippen LogP contribution is -2.60. The van der Waals surface area contributed by atoms with Crippen molar-refractivity contribution in [2.75, 3.05) is 19.0 Å². The first-order valence-electron chi connectivity index (χ1n) is 27.2. The van der Waals surface area contributed by atoms with Gasteiger partial charge >= 0.3 is 11.9 Å². The summed E-state index contributed by atoms with van der Waals surface area (Å²) in [7, 11) is -4.60. The first-order valence-corrected chi connectivity index (χ1v) is 28.9. The molecule has 12 nitrogen and oxygen atoms in total. The van der Waals surface area contributed by atoms with Gasteiger partial charge in [-0.2, -0.15) is 8.42 Å². The molecule has 0 aromatic heterocycles. The number of allylic oxidation sites excluding steroid dienone is 2. The van der Waals surface area contributed by atoms with Crippen LogP contribution in [0.5, 0.6) is 0 Å². The molecule has 0 saturated carbocycles. The van der Waals surface area contributed by atoms with Crippen LogP contribution in [0.2, 0.25) is 0 Å². The Hall–Kier alpha value is -1.61. The number of carbonyl (C=O) groups is 2. The highest BCUT2D eigenvalue weighted by atomic mass is 32.2. The topological polar surface area (TPSA) is 186 Å². The number of hydrogen-bond donors (Lipinski definition) is 4. The van der Waals surface area contributed by atoms with Gasteiger partial charge in [0.05, 0.1) is 6.61 Å². The molecule has 0 spiro atoms. The van der Waals surface area contributed by atoms with Crippen LogP contribution in [0.4, 0.5) is 0 Å². The van der Waals surface area contributed by atoms with Crippen molar-refractivity contribution in [3.63, 3.8) is 0 Å². The smallest absolute Gasteiger partial charge is 0.306 e. The van der Waals surface area contributed by atoms with E-state index in [1.54, 1.807) is 0 Å². The van der Waals surface area contributed by atoms with Crippen molar-refractivity contribution >= 4 is 22.1 Å². The normalized spacial score (nSPS) is 19.4. The molecule has 66 heavy (non-hydrogen) atoms. The van der Waals surface area contributed by atoms with Gasteiger partial charge < -0.3 is 34.3 Å². The van der Waals surface area contributed by atoms with Crippen molar-refractivity contribution < 1.29 is 56.8 Å². The van der Waals surface area contributed by atoms with Gasteiger partial charge in [0.15, 0.2) is 12.4 Å². The molecule has 0 bridgehead atoms. The van der Waals surface area contributed by atoms with Crippen LogP contribution in [0, 0.1) is 0 Å². The van der Waals surface area contributed by atoms with E-state index >= 15 is 0 Å². The van der Waals surface area contributed by atoms with E-state index in [1.807, 2.05) is 0 Å². The molecular formula is C53H100O12S. The molecule has 2 unspecified atom stereocenters. The van der Waals surface area contributed by atoms with Gasteiger partial charge in [-0.1, -0.05) is 219 Å². The molecular weight excluding hydrogens is 861 g/mol. The van der Waals surface area contributed by atoms with Crippen LogP contribution in [0.15, 0.2) is 12.2 Å². The number of hydrogen-bond acceptors (Lipinski definition) is 11. The van der Waals surface area contributed by atoms with Crippen molar-refractivity contribution in [3.8, 4) is 0 Å². The summed E-state index contributed by atoms with van der Waals surface area (Å²) in [5, 5.41) is 31.0. The minimum atomic E-state index is -4.60. The first kappa shape index (κ1) is 62.4. The summed E-state index contributed by atoms with van der Waals surface area (Å²) >= 11 is 0. The van der Waals surface area contributed by atoms with Crippen molar-refractivity contribution in [1.29, 1.82) is 0 Å². The third kappa shape index (κ3) is 37.3. The second kappa shape index (κ2) is 43.4. The molecule has 1 rings (SSSR count). The highest BCUT2D eigenvalue weighted by Crippen LogP contribution is 2.24. The van der Waals surface area contributed by atoms with Crippen molar-refractivity contribution in [1.82, 2.24) is 0 Å². The molecule has 1 aliphatic rings. The predicted molar refractivity (Wildman–Crippen MR) is 266 cm³/mol. The summed E-state index contributed by atoms with van der Waals surface area (Å²) in [6.07, 6.45) is 39.6. The average Bonchev–Trinajstić information content (AvgIpc) is 3.28. The zero-order valence-electron chi connectivity index (χ0n) is 42.1. The fraction of sp³-hybridized carbons (Fsp3) is 0.925. The minimum absolute atomic E-state index is 0.171. The molecule has 0 aromatic carbocycles. The summed E-state index contributed by atoms with van der Waals surface area (Å²) < 4.78 is 54.3. The number of esters is 2. The third-order valence-corrected chi connectivity index (χ3v) is 13.6. The van der Waals surface area contributed by atoms with E-state index in [0.29, 0.717) is 12.8 Å². The van der Waals surface area contributed by atoms with E-state index < -0.39 is 71.2 Å². The van der Waals surface area contributed by atoms with Gasteiger partial charge in [0.25, 0.3) is 10.1 Å². The molecule has 390 valence electrons. The van der Waals surface area contributed by atoms with Crippen LogP contribution in [0.25, 0.3) is 0 Å². The molecule has 13 heteroatoms. The van der Waals surface area contributed by atoms with Crippen LogP contribution < -0.4 is 0 Å². The standard InChI is InChI=1S/C53H100O12S/c1-3-5-7-9-11-13-15-17-19-21-23-25-27-29-31-33-35-37-39-41-48(54)62-43-46(44-63-53-52(58)51(57)50(56)47(65-53)45-66(59,60)61)64-49(55)42-40-38-36-34-32-30-28-26-24-22-20-18-16-14-12-10-8-6-4-2/h17,19,46-47,50-53,56-58H,3-16,18,20-45H2,1-2H3,(H,59,60,61)/b19-17+/t46-,47-,50-,51?,52?,53+/m1/s1. The van der Waals surface area contributed by atoms with Gasteiger partial charge in [-0.15, -0.1) is 0 Å². The second-order valence-electron chi connectivity index (χ2n) is 19.3. The van der Waals surface area contributed by atoms with Crippen LogP contribution in [0.1, 0.15) is 258 Å². The van der Waals surface area contributed by atoms with E-state index in [2.05, 4.69) is 26.0 Å². The molecule has 0 aliphatic carbocycles. The van der Waals surface area contributed by atoms with Crippen molar-refractivity contribution in [3.05, 3.63) is 12.2 Å². The number of aliphatic hydroxyl groups is 3. The average molecular weight is 961 g/mol. The lowest BCUT2D eigenvalue weighted by Gasteiger charge is -2.40. The Balaban J connectivity index is 2.33. The Labute approximate surface area is 403 Å². The maximum Gasteiger partial charge on any atom is 0.306 e. The van der Waals surface area contributed by atoms with Crippen LogP contribution in [0.3, 0.4) is 0 Å². The zero-order chi connectivity index (χ0) is 48.4. The Morgan fingerprint density at radius 3 is 1.26 bits per heavy atom. The molecule has 1 saturated heterocycles. The van der Waals surface area contributed by atoms with E-state index in [0.717, 1.165) is 38.5 Å². The molecule has 1 aliphatic heterocycles. The lowest BCUT2D eigenvalue weighted by molar-refractivity contribution is -0.297. The Kier molecular flexibility index (Phi) is 41.0. The summed E-state index contributed by atoms with van der Waals surface area (Å²) in [5.41, 5.74) is 0. The SMILES string of the molecule is CCCCCCCC/C=C/CCCCCCCCCCCC(=O)OC[C@H](CO[C@H]1O[C@H](CS(=O)(=O)O)[C@@H](O)C(O)C1O)OC(=O)CCCCCCCCCCCCCCCCCCCCC. The van der Waals surface area contributed by atoms with E-state index in [-0.39, 0.29) is 19.4 Å². The number of unbranched alkanes of at least 4 members (excludes halogenated alkanes) is 33. The fourth-order valence-corrected chi connectivity index (χ4v) is 9.31. The highest BCUT2D eigenvalue weighted by Gasteiger charge is 2.46. The number of ether oxygens (including phenoxy) is 4. The van der Waals surface area contributed by atoms with Crippen LogP contribution in [-0.2, 0) is 38.7 Å². The number of carbonyl (C=O) groups excluding carboxylic acids is 2. The third-order valence-electron chi connectivity index (χ3n) is 12.8. The van der Waals surface area contributed by atoms with Gasteiger partial charge in [0, 0.05) is 12.8 Å². The first-order chi connectivity index (χ1) is 32.0. The summed E-state index contributed by atoms with van der Waals surface area (Å²) in [6.45, 7) is 3.81.